The zero-order chi connectivity index (χ0) is 21.0. The molecular weight excluding hydrogens is 394 g/mol. The number of nitrogens with zero attached hydrogens (tertiary/aromatic N) is 2. The molecule has 2 aliphatic rings. The van der Waals surface area contributed by atoms with Gasteiger partial charge in [0.15, 0.2) is 0 Å². The van der Waals surface area contributed by atoms with Gasteiger partial charge in [-0.25, -0.2) is 8.42 Å². The van der Waals surface area contributed by atoms with Crippen molar-refractivity contribution >= 4 is 27.5 Å². The van der Waals surface area contributed by atoms with Crippen LogP contribution in [0.2, 0.25) is 0 Å². The Morgan fingerprint density at radius 3 is 2.48 bits per heavy atom. The summed E-state index contributed by atoms with van der Waals surface area (Å²) in [5.74, 6) is -0.728. The lowest BCUT2D eigenvalue weighted by Crippen LogP contribution is -2.38. The average molecular weight is 424 g/mol. The number of amides is 2. The molecule has 0 aliphatic carbocycles. The first-order chi connectivity index (χ1) is 13.8. The molecule has 2 fully saturated rings. The number of carbonyl (C=O) groups is 2. The number of nitrogens with one attached hydrogen (secondary N) is 1. The quantitative estimate of drug-likeness (QED) is 0.720. The average Bonchev–Trinajstić information content (AvgIpc) is 3.11. The Morgan fingerprint density at radius 1 is 1.21 bits per heavy atom. The topological polar surface area (TPSA) is 96.0 Å². The molecule has 1 aromatic carbocycles. The van der Waals surface area contributed by atoms with E-state index in [0.717, 1.165) is 19.3 Å². The Balaban J connectivity index is 1.61. The molecule has 2 amide bonds. The van der Waals surface area contributed by atoms with E-state index in [1.54, 1.807) is 24.1 Å². The predicted molar refractivity (Wildman–Crippen MR) is 109 cm³/mol. The second kappa shape index (κ2) is 9.23. The van der Waals surface area contributed by atoms with Crippen molar-refractivity contribution in [2.75, 3.05) is 38.7 Å². The maximum atomic E-state index is 12.7. The van der Waals surface area contributed by atoms with Crippen LogP contribution in [0.4, 0.5) is 5.69 Å². The number of ether oxygens (including phenoxy) is 1. The monoisotopic (exact) mass is 423 g/mol. The summed E-state index contributed by atoms with van der Waals surface area (Å²) in [4.78, 5) is 26.6. The molecule has 29 heavy (non-hydrogen) atoms. The molecule has 0 aromatic heterocycles. The van der Waals surface area contributed by atoms with Gasteiger partial charge in [0.05, 0.1) is 23.5 Å². The lowest BCUT2D eigenvalue weighted by atomic mass is 10.1. The first kappa shape index (κ1) is 21.7. The summed E-state index contributed by atoms with van der Waals surface area (Å²) in [6.07, 6.45) is 2.99. The highest BCUT2D eigenvalue weighted by Crippen LogP contribution is 2.24. The summed E-state index contributed by atoms with van der Waals surface area (Å²) in [7, 11) is -1.92. The molecule has 0 bridgehead atoms. The van der Waals surface area contributed by atoms with E-state index in [2.05, 4.69) is 5.32 Å². The van der Waals surface area contributed by atoms with Gasteiger partial charge in [0.1, 0.15) is 0 Å². The lowest BCUT2D eigenvalue weighted by molar-refractivity contribution is -0.130. The number of rotatable bonds is 7. The standard InChI is InChI=1S/C20H29N3O5S/c1-15(14-28-2)23-13-16(12-19(23)24)20(25)21-17-6-8-18(9-7-17)29(26,27)22-10-4-3-5-11-22/h6-9,15-16H,3-5,10-14H2,1-2H3,(H,21,25)/t15-,16+/m1/s1. The molecular formula is C20H29N3O5S. The highest BCUT2D eigenvalue weighted by molar-refractivity contribution is 7.89. The third kappa shape index (κ3) is 4.96. The van der Waals surface area contributed by atoms with Crippen LogP contribution in [0.15, 0.2) is 29.2 Å². The van der Waals surface area contributed by atoms with Crippen LogP contribution in [0.3, 0.4) is 0 Å². The van der Waals surface area contributed by atoms with Crippen LogP contribution in [0.5, 0.6) is 0 Å². The highest BCUT2D eigenvalue weighted by Gasteiger charge is 2.36. The predicted octanol–water partition coefficient (Wildman–Crippen LogP) is 1.68. The van der Waals surface area contributed by atoms with Crippen LogP contribution < -0.4 is 5.32 Å². The van der Waals surface area contributed by atoms with Gasteiger partial charge >= 0.3 is 0 Å². The van der Waals surface area contributed by atoms with Crippen molar-refractivity contribution in [2.45, 2.75) is 43.5 Å². The Hall–Kier alpha value is -1.97. The molecule has 2 heterocycles. The van der Waals surface area contributed by atoms with Gasteiger partial charge in [-0.05, 0) is 44.0 Å². The fourth-order valence-corrected chi connectivity index (χ4v) is 5.39. The summed E-state index contributed by atoms with van der Waals surface area (Å²) in [5.41, 5.74) is 0.517. The molecule has 1 N–H and O–H groups in total. The largest absolute Gasteiger partial charge is 0.383 e. The first-order valence-electron chi connectivity index (χ1n) is 10.0. The van der Waals surface area contributed by atoms with E-state index >= 15 is 0 Å². The SMILES string of the molecule is COC[C@@H](C)N1C[C@@H](C(=O)Nc2ccc(S(=O)(=O)N3CCCCC3)cc2)CC1=O. The molecule has 160 valence electrons. The Kier molecular flexibility index (Phi) is 6.92. The van der Waals surface area contributed by atoms with Crippen molar-refractivity contribution in [1.29, 1.82) is 0 Å². The van der Waals surface area contributed by atoms with E-state index in [4.69, 9.17) is 4.74 Å². The molecule has 0 saturated carbocycles. The van der Waals surface area contributed by atoms with E-state index in [1.165, 1.54) is 16.4 Å². The number of hydrogen-bond acceptors (Lipinski definition) is 5. The molecule has 0 radical (unpaired) electrons. The molecule has 8 nitrogen and oxygen atoms in total. The van der Waals surface area contributed by atoms with Gasteiger partial charge in [0, 0.05) is 38.9 Å². The third-order valence-electron chi connectivity index (χ3n) is 5.54. The van der Waals surface area contributed by atoms with Crippen molar-refractivity contribution in [3.05, 3.63) is 24.3 Å². The van der Waals surface area contributed by atoms with Crippen molar-refractivity contribution in [3.63, 3.8) is 0 Å². The van der Waals surface area contributed by atoms with Crippen LogP contribution in [-0.4, -0.2) is 68.8 Å². The van der Waals surface area contributed by atoms with E-state index < -0.39 is 15.9 Å². The van der Waals surface area contributed by atoms with Crippen LogP contribution in [0.1, 0.15) is 32.6 Å². The Labute approximate surface area is 172 Å². The van der Waals surface area contributed by atoms with Gasteiger partial charge in [-0.15, -0.1) is 0 Å². The summed E-state index contributed by atoms with van der Waals surface area (Å²) >= 11 is 0. The number of likely N-dealkylation sites (tertiary alicyclic amines) is 1. The van der Waals surface area contributed by atoms with E-state index in [-0.39, 0.29) is 29.2 Å². The van der Waals surface area contributed by atoms with Crippen molar-refractivity contribution in [2.24, 2.45) is 5.92 Å². The van der Waals surface area contributed by atoms with E-state index in [0.29, 0.717) is 31.9 Å². The summed E-state index contributed by atoms with van der Waals surface area (Å²) in [6.45, 7) is 3.77. The number of sulfonamides is 1. The number of methoxy groups -OCH3 is 1. The first-order valence-corrected chi connectivity index (χ1v) is 11.5. The van der Waals surface area contributed by atoms with Gasteiger partial charge in [0.2, 0.25) is 21.8 Å². The summed E-state index contributed by atoms with van der Waals surface area (Å²) in [5, 5.41) is 2.80. The fraction of sp³-hybridized carbons (Fsp3) is 0.600. The van der Waals surface area contributed by atoms with Crippen LogP contribution in [-0.2, 0) is 24.3 Å². The fourth-order valence-electron chi connectivity index (χ4n) is 3.87. The number of anilines is 1. The Bertz CT molecular complexity index is 834. The van der Waals surface area contributed by atoms with Gasteiger partial charge in [-0.3, -0.25) is 9.59 Å². The molecule has 3 rings (SSSR count). The van der Waals surface area contributed by atoms with Gasteiger partial charge in [-0.2, -0.15) is 4.31 Å². The molecule has 2 atom stereocenters. The van der Waals surface area contributed by atoms with Crippen molar-refractivity contribution in [3.8, 4) is 0 Å². The maximum Gasteiger partial charge on any atom is 0.243 e. The van der Waals surface area contributed by atoms with Crippen molar-refractivity contribution < 1.29 is 22.7 Å². The number of hydrogen-bond donors (Lipinski definition) is 1. The van der Waals surface area contributed by atoms with E-state index in [1.807, 2.05) is 6.92 Å². The minimum atomic E-state index is -3.50. The van der Waals surface area contributed by atoms with Crippen LogP contribution in [0.25, 0.3) is 0 Å². The zero-order valence-electron chi connectivity index (χ0n) is 17.0. The third-order valence-corrected chi connectivity index (χ3v) is 7.46. The van der Waals surface area contributed by atoms with Crippen molar-refractivity contribution in [1.82, 2.24) is 9.21 Å². The number of piperidine rings is 1. The summed E-state index contributed by atoms with van der Waals surface area (Å²) < 4.78 is 32.0. The maximum absolute atomic E-state index is 12.7. The molecule has 2 aliphatic heterocycles. The molecule has 2 saturated heterocycles. The molecule has 0 spiro atoms. The Morgan fingerprint density at radius 2 is 1.86 bits per heavy atom. The zero-order valence-corrected chi connectivity index (χ0v) is 17.8. The number of benzene rings is 1. The lowest BCUT2D eigenvalue weighted by Gasteiger charge is -2.26. The minimum Gasteiger partial charge on any atom is -0.383 e. The minimum absolute atomic E-state index is 0.0577. The number of carbonyl (C=O) groups excluding carboxylic acids is 2. The molecule has 1 aromatic rings. The van der Waals surface area contributed by atoms with E-state index in [9.17, 15) is 18.0 Å². The smallest absolute Gasteiger partial charge is 0.243 e. The second-order valence-electron chi connectivity index (χ2n) is 7.73. The van der Waals surface area contributed by atoms with Gasteiger partial charge < -0.3 is 15.0 Å². The summed E-state index contributed by atoms with van der Waals surface area (Å²) in [6, 6.07) is 6.15. The molecule has 9 heteroatoms. The highest BCUT2D eigenvalue weighted by atomic mass is 32.2. The van der Waals surface area contributed by atoms with Crippen LogP contribution in [0, 0.1) is 5.92 Å². The second-order valence-corrected chi connectivity index (χ2v) is 9.67. The molecule has 0 unspecified atom stereocenters. The normalized spacial score (nSPS) is 21.9. The van der Waals surface area contributed by atoms with Gasteiger partial charge in [-0.1, -0.05) is 6.42 Å². The van der Waals surface area contributed by atoms with Crippen LogP contribution >= 0.6 is 0 Å². The van der Waals surface area contributed by atoms with Gasteiger partial charge in [0.25, 0.3) is 0 Å².